The first-order valence-electron chi connectivity index (χ1n) is 10.3. The van der Waals surface area contributed by atoms with Gasteiger partial charge in [0, 0.05) is 19.0 Å². The highest BCUT2D eigenvalue weighted by atomic mass is 16.5. The van der Waals surface area contributed by atoms with Gasteiger partial charge in [0.05, 0.1) is 6.04 Å². The van der Waals surface area contributed by atoms with E-state index in [1.54, 1.807) is 0 Å². The first-order valence-corrected chi connectivity index (χ1v) is 10.3. The van der Waals surface area contributed by atoms with E-state index in [4.69, 9.17) is 10.5 Å². The normalized spacial score (nSPS) is 24.9. The highest BCUT2D eigenvalue weighted by molar-refractivity contribution is 5.35. The summed E-state index contributed by atoms with van der Waals surface area (Å²) in [4.78, 5) is 2.18. The summed E-state index contributed by atoms with van der Waals surface area (Å²) in [5.74, 6) is 1.27. The zero-order valence-corrected chi connectivity index (χ0v) is 17.5. The predicted octanol–water partition coefficient (Wildman–Crippen LogP) is 3.50. The Hall–Kier alpha value is -1.88. The number of rotatable bonds is 7. The number of aliphatic hydroxyl groups excluding tert-OH is 1. The maximum atomic E-state index is 10.9. The molecule has 0 spiro atoms. The minimum absolute atomic E-state index is 0.0944. The Morgan fingerprint density at radius 2 is 1.89 bits per heavy atom. The Morgan fingerprint density at radius 1 is 1.18 bits per heavy atom. The van der Waals surface area contributed by atoms with E-state index in [9.17, 15) is 5.11 Å². The molecule has 1 fully saturated rings. The van der Waals surface area contributed by atoms with Crippen LogP contribution in [-0.4, -0.2) is 47.9 Å². The Kier molecular flexibility index (Phi) is 6.76. The summed E-state index contributed by atoms with van der Waals surface area (Å²) in [6.07, 6.45) is 0.723. The van der Waals surface area contributed by atoms with Crippen molar-refractivity contribution >= 4 is 0 Å². The molecule has 0 unspecified atom stereocenters. The van der Waals surface area contributed by atoms with Crippen molar-refractivity contribution in [3.8, 4) is 5.75 Å². The summed E-state index contributed by atoms with van der Waals surface area (Å²) in [6.45, 7) is 7.29. The highest BCUT2D eigenvalue weighted by Crippen LogP contribution is 2.30. The van der Waals surface area contributed by atoms with E-state index in [-0.39, 0.29) is 18.2 Å². The van der Waals surface area contributed by atoms with Gasteiger partial charge in [0.1, 0.15) is 18.0 Å². The summed E-state index contributed by atoms with van der Waals surface area (Å²) >= 11 is 0. The van der Waals surface area contributed by atoms with Gasteiger partial charge in [0.15, 0.2) is 0 Å². The van der Waals surface area contributed by atoms with Crippen LogP contribution in [0.3, 0.4) is 0 Å². The number of ether oxygens (including phenoxy) is 1. The van der Waals surface area contributed by atoms with Gasteiger partial charge < -0.3 is 15.6 Å². The fraction of sp³-hybridized carbons (Fsp3) is 0.500. The van der Waals surface area contributed by atoms with E-state index in [0.717, 1.165) is 18.7 Å². The monoisotopic (exact) mass is 382 g/mol. The molecule has 2 aromatic carbocycles. The van der Waals surface area contributed by atoms with Gasteiger partial charge in [-0.3, -0.25) is 4.90 Å². The molecule has 1 aliphatic carbocycles. The van der Waals surface area contributed by atoms with Crippen LogP contribution in [0.1, 0.15) is 42.9 Å². The second-order valence-corrected chi connectivity index (χ2v) is 8.49. The third-order valence-corrected chi connectivity index (χ3v) is 5.81. The van der Waals surface area contributed by atoms with Crippen LogP contribution in [-0.2, 0) is 6.42 Å². The molecule has 0 bridgehead atoms. The van der Waals surface area contributed by atoms with Crippen LogP contribution in [0.4, 0.5) is 0 Å². The molecule has 0 aliphatic heterocycles. The fourth-order valence-corrected chi connectivity index (χ4v) is 4.18. The molecule has 0 heterocycles. The highest BCUT2D eigenvalue weighted by Gasteiger charge is 2.44. The van der Waals surface area contributed by atoms with Crippen molar-refractivity contribution in [3.63, 3.8) is 0 Å². The number of nitrogens with two attached hydrogens (primary N) is 1. The molecule has 1 saturated carbocycles. The van der Waals surface area contributed by atoms with Gasteiger partial charge in [-0.15, -0.1) is 0 Å². The number of nitrogens with zero attached hydrogens (tertiary/aromatic N) is 1. The average molecular weight is 383 g/mol. The first kappa shape index (κ1) is 20.8. The van der Waals surface area contributed by atoms with Crippen molar-refractivity contribution in [2.24, 2.45) is 5.73 Å². The molecule has 4 atom stereocenters. The maximum absolute atomic E-state index is 10.9. The van der Waals surface area contributed by atoms with Crippen LogP contribution in [0.15, 0.2) is 48.5 Å². The molecule has 0 saturated heterocycles. The van der Waals surface area contributed by atoms with Gasteiger partial charge >= 0.3 is 0 Å². The maximum Gasteiger partial charge on any atom is 0.128 e. The largest absolute Gasteiger partial charge is 0.488 e. The average Bonchev–Trinajstić information content (AvgIpc) is 2.93. The zero-order chi connectivity index (χ0) is 20.3. The van der Waals surface area contributed by atoms with E-state index >= 15 is 0 Å². The number of aryl methyl sites for hydroxylation is 1. The van der Waals surface area contributed by atoms with Crippen LogP contribution in [0.25, 0.3) is 0 Å². The first-order chi connectivity index (χ1) is 13.3. The summed E-state index contributed by atoms with van der Waals surface area (Å²) in [6, 6.07) is 16.5. The lowest BCUT2D eigenvalue weighted by atomic mass is 10.0. The molecule has 2 aromatic rings. The van der Waals surface area contributed by atoms with Crippen molar-refractivity contribution in [2.75, 3.05) is 13.6 Å². The van der Waals surface area contributed by atoms with E-state index in [2.05, 4.69) is 62.1 Å². The second-order valence-electron chi connectivity index (χ2n) is 8.49. The topological polar surface area (TPSA) is 58.7 Å². The van der Waals surface area contributed by atoms with Crippen LogP contribution in [0.5, 0.6) is 5.75 Å². The lowest BCUT2D eigenvalue weighted by Gasteiger charge is -2.30. The SMILES string of the molecule is Cc1cc(O[C@@H]2C[C@@H](N)[C@H](N(C)CCc3ccccc3)[C@H]2O)cc(C(C)C)c1. The summed E-state index contributed by atoms with van der Waals surface area (Å²) in [5, 5.41) is 10.9. The Balaban J connectivity index is 1.64. The minimum Gasteiger partial charge on any atom is -0.488 e. The third kappa shape index (κ3) is 4.93. The van der Waals surface area contributed by atoms with Crippen molar-refractivity contribution in [1.29, 1.82) is 0 Å². The van der Waals surface area contributed by atoms with Gasteiger partial charge in [0.25, 0.3) is 0 Å². The van der Waals surface area contributed by atoms with Crippen molar-refractivity contribution in [2.45, 2.75) is 63.8 Å². The van der Waals surface area contributed by atoms with Gasteiger partial charge in [-0.2, -0.15) is 0 Å². The predicted molar refractivity (Wildman–Crippen MR) is 115 cm³/mol. The number of aliphatic hydroxyl groups is 1. The smallest absolute Gasteiger partial charge is 0.128 e. The number of hydrogen-bond acceptors (Lipinski definition) is 4. The van der Waals surface area contributed by atoms with Crippen molar-refractivity contribution in [1.82, 2.24) is 4.90 Å². The molecule has 3 N–H and O–H groups in total. The Bertz CT molecular complexity index is 762. The molecule has 0 aromatic heterocycles. The molecule has 0 amide bonds. The molecular formula is C24H34N2O2. The number of hydrogen-bond donors (Lipinski definition) is 2. The fourth-order valence-electron chi connectivity index (χ4n) is 4.18. The van der Waals surface area contributed by atoms with Crippen molar-refractivity contribution < 1.29 is 9.84 Å². The minimum atomic E-state index is -0.598. The van der Waals surface area contributed by atoms with Crippen LogP contribution < -0.4 is 10.5 Å². The molecule has 3 rings (SSSR count). The zero-order valence-electron chi connectivity index (χ0n) is 17.5. The van der Waals surface area contributed by atoms with Crippen LogP contribution in [0, 0.1) is 6.92 Å². The lowest BCUT2D eigenvalue weighted by molar-refractivity contribution is 0.0160. The summed E-state index contributed by atoms with van der Waals surface area (Å²) < 4.78 is 6.22. The quantitative estimate of drug-likeness (QED) is 0.769. The molecule has 1 aliphatic rings. The summed E-state index contributed by atoms with van der Waals surface area (Å²) in [7, 11) is 2.04. The molecule has 0 radical (unpaired) electrons. The standard InChI is InChI=1S/C24H34N2O2/c1-16(2)19-12-17(3)13-20(14-19)28-22-15-21(25)23(24(22)27)26(4)11-10-18-8-6-5-7-9-18/h5-9,12-14,16,21-24,27H,10-11,15,25H2,1-4H3/t21-,22-,23+,24+/m1/s1. The van der Waals surface area contributed by atoms with Crippen molar-refractivity contribution in [3.05, 3.63) is 65.2 Å². The molecule has 152 valence electrons. The number of benzene rings is 2. The van der Waals surface area contributed by atoms with Gasteiger partial charge in [-0.05, 0) is 55.1 Å². The third-order valence-electron chi connectivity index (χ3n) is 5.81. The second kappa shape index (κ2) is 9.08. The van der Waals surface area contributed by atoms with Gasteiger partial charge in [-0.25, -0.2) is 0 Å². The molecule has 4 nitrogen and oxygen atoms in total. The van der Waals surface area contributed by atoms with E-state index < -0.39 is 6.10 Å². The Morgan fingerprint density at radius 3 is 2.57 bits per heavy atom. The van der Waals surface area contributed by atoms with E-state index in [1.165, 1.54) is 16.7 Å². The van der Waals surface area contributed by atoms with Crippen LogP contribution in [0.2, 0.25) is 0 Å². The van der Waals surface area contributed by atoms with Gasteiger partial charge in [0.2, 0.25) is 0 Å². The van der Waals surface area contributed by atoms with Gasteiger partial charge in [-0.1, -0.05) is 50.2 Å². The molecular weight excluding hydrogens is 348 g/mol. The summed E-state index contributed by atoms with van der Waals surface area (Å²) in [5.41, 5.74) is 10.1. The molecule has 28 heavy (non-hydrogen) atoms. The Labute approximate surface area is 169 Å². The van der Waals surface area contributed by atoms with E-state index in [0.29, 0.717) is 12.3 Å². The number of likely N-dealkylation sites (N-methyl/N-ethyl adjacent to an activating group) is 1. The van der Waals surface area contributed by atoms with E-state index in [1.807, 2.05) is 19.2 Å². The molecule has 4 heteroatoms. The lowest BCUT2D eigenvalue weighted by Crippen LogP contribution is -2.49. The van der Waals surface area contributed by atoms with Crippen LogP contribution >= 0.6 is 0 Å².